The summed E-state index contributed by atoms with van der Waals surface area (Å²) in [5.41, 5.74) is 12.3. The van der Waals surface area contributed by atoms with Gasteiger partial charge in [-0.05, 0) is 96.0 Å². The van der Waals surface area contributed by atoms with Crippen molar-refractivity contribution in [2.75, 3.05) is 0 Å². The molecule has 0 aliphatic carbocycles. The van der Waals surface area contributed by atoms with E-state index >= 15 is 0 Å². The maximum absolute atomic E-state index is 10.0. The fraction of sp³-hybridized carbons (Fsp3) is 0.448. The smallest absolute Gasteiger partial charge is 0.405 e. The molecule has 1 amide bonds. The zero-order chi connectivity index (χ0) is 28.6. The molecule has 8 nitrogen and oxygen atoms in total. The van der Waals surface area contributed by atoms with Crippen molar-refractivity contribution in [3.63, 3.8) is 0 Å². The van der Waals surface area contributed by atoms with Crippen LogP contribution >= 0.6 is 0 Å². The first-order valence-electron chi connectivity index (χ1n) is 12.1. The Balaban J connectivity index is 0. The number of carbonyl (C=O) groups excluding carboxylic acids is 1. The third-order valence-electron chi connectivity index (χ3n) is 4.26. The van der Waals surface area contributed by atoms with Crippen LogP contribution in [-0.2, 0) is 57.1 Å². The molecule has 3 rings (SSSR count). The fourth-order valence-electron chi connectivity index (χ4n) is 3.04. The number of nitrogens with two attached hydrogens (primary N) is 1. The molecule has 207 valence electrons. The number of primary amides is 1. The van der Waals surface area contributed by atoms with E-state index in [1.165, 1.54) is 11.3 Å². The number of aliphatic hydroxyl groups excluding tert-OH is 2. The van der Waals surface area contributed by atoms with E-state index in [9.17, 15) is 4.79 Å². The molecule has 3 heterocycles. The van der Waals surface area contributed by atoms with Gasteiger partial charge in [-0.3, -0.25) is 9.97 Å². The molecule has 0 saturated carbocycles. The minimum absolute atomic E-state index is 0. The van der Waals surface area contributed by atoms with Crippen LogP contribution in [0, 0.1) is 40.7 Å². The van der Waals surface area contributed by atoms with E-state index < -0.39 is 11.7 Å². The number of hydrogen-bond acceptors (Lipinski definition) is 7. The van der Waals surface area contributed by atoms with Gasteiger partial charge in [-0.2, -0.15) is 18.2 Å². The number of ether oxygens (including phenoxy) is 1. The summed E-state index contributed by atoms with van der Waals surface area (Å²) in [5.74, 6) is 0. The number of aliphatic hydroxyl groups is 2. The topological polar surface area (TPSA) is 131 Å². The van der Waals surface area contributed by atoms with Crippen molar-refractivity contribution in [2.45, 2.75) is 87.5 Å². The quantitative estimate of drug-likeness (QED) is 0.360. The maximum Gasteiger partial charge on any atom is 0.405 e. The Morgan fingerprint density at radius 3 is 1.58 bits per heavy atom. The monoisotopic (exact) mass is 600 g/mol. The zero-order valence-corrected chi connectivity index (χ0v) is 27.1. The molecule has 0 aliphatic heterocycles. The van der Waals surface area contributed by atoms with Gasteiger partial charge in [0.1, 0.15) is 5.60 Å². The largest absolute Gasteiger partial charge is 0.444 e. The van der Waals surface area contributed by atoms with Gasteiger partial charge in [0.05, 0.1) is 12.3 Å². The molecule has 0 bridgehead atoms. The number of pyridine rings is 3. The van der Waals surface area contributed by atoms with Crippen molar-refractivity contribution in [1.29, 1.82) is 0 Å². The molecule has 0 aromatic carbocycles. The maximum atomic E-state index is 10.0. The summed E-state index contributed by atoms with van der Waals surface area (Å²) < 4.78 is 4.58. The molecule has 0 saturated heterocycles. The van der Waals surface area contributed by atoms with Crippen LogP contribution in [-0.4, -0.2) is 36.9 Å². The van der Waals surface area contributed by atoms with Crippen LogP contribution in [0.2, 0.25) is 0 Å². The number of aromatic nitrogens is 3. The third-order valence-corrected chi connectivity index (χ3v) is 4.26. The van der Waals surface area contributed by atoms with Crippen LogP contribution in [0.4, 0.5) is 4.79 Å². The summed E-state index contributed by atoms with van der Waals surface area (Å²) in [6, 6.07) is 14.4. The Labute approximate surface area is 253 Å². The summed E-state index contributed by atoms with van der Waals surface area (Å²) in [4.78, 5) is 22.5. The van der Waals surface area contributed by atoms with Crippen LogP contribution in [0.5, 0.6) is 0 Å². The summed E-state index contributed by atoms with van der Waals surface area (Å²) in [7, 11) is 0. The molecule has 0 fully saturated rings. The van der Waals surface area contributed by atoms with Gasteiger partial charge in [0.25, 0.3) is 0 Å². The van der Waals surface area contributed by atoms with E-state index in [1.807, 2.05) is 39.8 Å². The molecule has 3 aromatic rings. The summed E-state index contributed by atoms with van der Waals surface area (Å²) in [6.45, 7) is 17.4. The summed E-state index contributed by atoms with van der Waals surface area (Å²) >= 11 is 0. The number of nitrogens with zero attached hydrogens (tertiary/aromatic N) is 3. The van der Waals surface area contributed by atoms with Crippen LogP contribution in [0.25, 0.3) is 0 Å². The summed E-state index contributed by atoms with van der Waals surface area (Å²) in [6.07, 6.45) is 0.306. The third kappa shape index (κ3) is 19.8. The molecular formula is C29H43N4O4Y-. The summed E-state index contributed by atoms with van der Waals surface area (Å²) in [5, 5.41) is 17.3. The minimum atomic E-state index is -0.725. The molecule has 4 N–H and O–H groups in total. The minimum Gasteiger partial charge on any atom is -0.444 e. The van der Waals surface area contributed by atoms with E-state index in [2.05, 4.69) is 51.7 Å². The number of aryl methyl sites for hydroxylation is 6. The average molecular weight is 601 g/mol. The Hall–Kier alpha value is -2.26. The molecule has 1 radical (unpaired) electrons. The van der Waals surface area contributed by atoms with Crippen molar-refractivity contribution in [1.82, 2.24) is 15.0 Å². The molecule has 0 atom stereocenters. The number of rotatable bonds is 3. The fourth-order valence-corrected chi connectivity index (χ4v) is 3.04. The van der Waals surface area contributed by atoms with Gasteiger partial charge >= 0.3 is 6.09 Å². The molecule has 0 aliphatic rings. The molecular weight excluding hydrogens is 557 g/mol. The average Bonchev–Trinajstić information content (AvgIpc) is 2.77. The first-order chi connectivity index (χ1) is 17.2. The number of carbonyl (C=O) groups is 1. The second-order valence-electron chi connectivity index (χ2n) is 9.46. The first kappa shape index (κ1) is 37.9. The van der Waals surface area contributed by atoms with Crippen LogP contribution in [0.3, 0.4) is 0 Å². The van der Waals surface area contributed by atoms with Gasteiger partial charge < -0.3 is 25.7 Å². The second-order valence-corrected chi connectivity index (χ2v) is 9.46. The van der Waals surface area contributed by atoms with Gasteiger partial charge in [0, 0.05) is 56.4 Å². The van der Waals surface area contributed by atoms with Crippen LogP contribution < -0.4 is 5.73 Å². The Morgan fingerprint density at radius 1 is 0.816 bits per heavy atom. The molecule has 9 heteroatoms. The van der Waals surface area contributed by atoms with Crippen molar-refractivity contribution < 1.29 is 52.5 Å². The Morgan fingerprint density at radius 2 is 1.26 bits per heavy atom. The normalized spacial score (nSPS) is 9.76. The van der Waals surface area contributed by atoms with Crippen molar-refractivity contribution >= 4 is 6.09 Å². The molecule has 38 heavy (non-hydrogen) atoms. The van der Waals surface area contributed by atoms with E-state index in [1.54, 1.807) is 32.9 Å². The van der Waals surface area contributed by atoms with Gasteiger partial charge in [0.2, 0.25) is 0 Å². The SMILES string of the molecule is CC(C)(C)OC(N)=O.CCc1cc(C)cc(C)n1.Cc1c[c-]cc(CO)n1.Cc1cc(C)nc(CO)c1.[Y]. The number of amides is 1. The van der Waals surface area contributed by atoms with Gasteiger partial charge in [0.15, 0.2) is 0 Å². The van der Waals surface area contributed by atoms with Gasteiger partial charge in [-0.1, -0.05) is 19.5 Å². The van der Waals surface area contributed by atoms with Crippen molar-refractivity contribution in [2.24, 2.45) is 5.73 Å². The number of hydrogen-bond donors (Lipinski definition) is 3. The second kappa shape index (κ2) is 19.8. The van der Waals surface area contributed by atoms with Crippen LogP contribution in [0.15, 0.2) is 36.4 Å². The van der Waals surface area contributed by atoms with Crippen molar-refractivity contribution in [3.05, 3.63) is 87.8 Å². The van der Waals surface area contributed by atoms with E-state index in [0.717, 1.165) is 34.8 Å². The predicted molar refractivity (Wildman–Crippen MR) is 147 cm³/mol. The van der Waals surface area contributed by atoms with Gasteiger partial charge in [-0.25, -0.2) is 4.79 Å². The Bertz CT molecular complexity index is 1010. The van der Waals surface area contributed by atoms with Gasteiger partial charge in [-0.15, -0.1) is 0 Å². The van der Waals surface area contributed by atoms with E-state index in [4.69, 9.17) is 15.9 Å². The van der Waals surface area contributed by atoms with E-state index in [0.29, 0.717) is 5.69 Å². The zero-order valence-electron chi connectivity index (χ0n) is 24.3. The van der Waals surface area contributed by atoms with Crippen LogP contribution in [0.1, 0.15) is 73.0 Å². The Kier molecular flexibility index (Phi) is 19.7. The first-order valence-corrected chi connectivity index (χ1v) is 12.1. The van der Waals surface area contributed by atoms with Crippen molar-refractivity contribution in [3.8, 4) is 0 Å². The molecule has 0 unspecified atom stereocenters. The van der Waals surface area contributed by atoms with E-state index in [-0.39, 0.29) is 45.9 Å². The standard InChI is InChI=1S/C9H13N.C8H11NO.C7H8NO.C5H11NO2.Y/c1-4-9-6-7(2)5-8(3)10-9;1-6-3-7(2)9-8(4-6)5-10;1-6-3-2-4-7(5-9)8-6;1-5(2,3)8-4(6)7;/h5-6H,4H2,1-3H3;3-4,10H,5H2,1-2H3;3-4,9H,5H2,1H3;1-3H3,(H2,6,7);/q;;-1;;. The predicted octanol–water partition coefficient (Wildman–Crippen LogP) is 5.01. The molecule has 0 spiro atoms. The molecule has 3 aromatic heterocycles.